The Morgan fingerprint density at radius 2 is 1.89 bits per heavy atom. The molecule has 0 fully saturated rings. The third-order valence-corrected chi connectivity index (χ3v) is 2.80. The van der Waals surface area contributed by atoms with Crippen molar-refractivity contribution in [2.75, 3.05) is 5.32 Å². The topological polar surface area (TPSA) is 37.8 Å². The molecule has 2 aromatic rings. The maximum Gasteiger partial charge on any atom is 0.225 e. The highest BCUT2D eigenvalue weighted by atomic mass is 35.5. The molecule has 2 rings (SSSR count). The quantitative estimate of drug-likeness (QED) is 0.516. The molecular weight excluding hydrogens is 269 g/mol. The Labute approximate surface area is 115 Å². The lowest BCUT2D eigenvalue weighted by atomic mass is 10.2. The average molecular weight is 280 g/mol. The predicted octanol–water partition coefficient (Wildman–Crippen LogP) is 4.26. The fourth-order valence-electron chi connectivity index (χ4n) is 1.52. The molecule has 0 atom stereocenters. The maximum absolute atomic E-state index is 6.06. The number of rotatable bonds is 4. The first-order valence-corrected chi connectivity index (χ1v) is 6.11. The van der Waals surface area contributed by atoms with E-state index in [0.29, 0.717) is 17.4 Å². The van der Waals surface area contributed by atoms with Crippen LogP contribution in [0.5, 0.6) is 0 Å². The molecule has 0 aliphatic carbocycles. The van der Waals surface area contributed by atoms with E-state index in [4.69, 9.17) is 23.2 Å². The van der Waals surface area contributed by atoms with Crippen LogP contribution in [0.25, 0.3) is 0 Å². The number of hydrogen-bond donors (Lipinski definition) is 1. The summed E-state index contributed by atoms with van der Waals surface area (Å²) >= 11 is 11.9. The molecule has 0 radical (unpaired) electrons. The van der Waals surface area contributed by atoms with Crippen molar-refractivity contribution >= 4 is 34.7 Å². The number of anilines is 2. The van der Waals surface area contributed by atoms with E-state index in [1.54, 1.807) is 6.08 Å². The Balaban J connectivity index is 2.39. The third kappa shape index (κ3) is 3.00. The first kappa shape index (κ1) is 12.9. The molecule has 0 spiro atoms. The van der Waals surface area contributed by atoms with Gasteiger partial charge in [0.15, 0.2) is 0 Å². The van der Waals surface area contributed by atoms with E-state index in [0.717, 1.165) is 11.3 Å². The smallest absolute Gasteiger partial charge is 0.225 e. The van der Waals surface area contributed by atoms with Crippen molar-refractivity contribution in [2.45, 2.75) is 6.42 Å². The van der Waals surface area contributed by atoms with Gasteiger partial charge in [-0.15, -0.1) is 6.58 Å². The number of halogens is 2. The second kappa shape index (κ2) is 5.85. The van der Waals surface area contributed by atoms with Crippen molar-refractivity contribution in [1.29, 1.82) is 0 Å². The minimum atomic E-state index is 0.117. The lowest BCUT2D eigenvalue weighted by molar-refractivity contribution is 1.10. The fourth-order valence-corrected chi connectivity index (χ4v) is 1.98. The summed E-state index contributed by atoms with van der Waals surface area (Å²) in [5.74, 6) is 0.603. The summed E-state index contributed by atoms with van der Waals surface area (Å²) in [6, 6.07) is 9.67. The largest absolute Gasteiger partial charge is 0.340 e. The van der Waals surface area contributed by atoms with E-state index < -0.39 is 0 Å². The van der Waals surface area contributed by atoms with Crippen LogP contribution in [0.3, 0.4) is 0 Å². The second-order valence-corrected chi connectivity index (χ2v) is 4.29. The highest BCUT2D eigenvalue weighted by molar-refractivity contribution is 6.32. The zero-order chi connectivity index (χ0) is 13.0. The zero-order valence-electron chi connectivity index (χ0n) is 9.53. The third-order valence-electron chi connectivity index (χ3n) is 2.31. The van der Waals surface area contributed by atoms with E-state index in [1.165, 1.54) is 0 Å². The van der Waals surface area contributed by atoms with Crippen LogP contribution in [-0.4, -0.2) is 9.97 Å². The molecule has 1 N–H and O–H groups in total. The van der Waals surface area contributed by atoms with E-state index in [-0.39, 0.29) is 5.28 Å². The molecule has 1 heterocycles. The van der Waals surface area contributed by atoms with Gasteiger partial charge in [-0.2, -0.15) is 0 Å². The van der Waals surface area contributed by atoms with Crippen LogP contribution >= 0.6 is 23.2 Å². The number of aromatic nitrogens is 2. The molecular formula is C13H11Cl2N3. The van der Waals surface area contributed by atoms with Crippen LogP contribution in [0.15, 0.2) is 43.0 Å². The van der Waals surface area contributed by atoms with E-state index in [2.05, 4.69) is 21.9 Å². The molecule has 1 aromatic heterocycles. The Morgan fingerprint density at radius 1 is 1.17 bits per heavy atom. The number of hydrogen-bond acceptors (Lipinski definition) is 3. The second-order valence-electron chi connectivity index (χ2n) is 3.59. The first-order valence-electron chi connectivity index (χ1n) is 5.35. The highest BCUT2D eigenvalue weighted by Gasteiger charge is 2.11. The van der Waals surface area contributed by atoms with Crippen LogP contribution in [0.2, 0.25) is 10.4 Å². The van der Waals surface area contributed by atoms with Gasteiger partial charge in [-0.1, -0.05) is 35.9 Å². The Kier molecular flexibility index (Phi) is 4.18. The summed E-state index contributed by atoms with van der Waals surface area (Å²) in [4.78, 5) is 8.09. The van der Waals surface area contributed by atoms with Gasteiger partial charge in [0.2, 0.25) is 5.28 Å². The average Bonchev–Trinajstić information content (AvgIpc) is 2.35. The maximum atomic E-state index is 6.06. The fraction of sp³-hybridized carbons (Fsp3) is 0.0769. The summed E-state index contributed by atoms with van der Waals surface area (Å²) in [5.41, 5.74) is 1.69. The van der Waals surface area contributed by atoms with Crippen LogP contribution < -0.4 is 5.32 Å². The summed E-state index contributed by atoms with van der Waals surface area (Å²) in [5, 5.41) is 3.63. The van der Waals surface area contributed by atoms with Gasteiger partial charge in [-0.3, -0.25) is 0 Å². The molecule has 0 amide bonds. The summed E-state index contributed by atoms with van der Waals surface area (Å²) in [6.07, 6.45) is 2.32. The van der Waals surface area contributed by atoms with Crippen molar-refractivity contribution < 1.29 is 0 Å². The molecule has 3 nitrogen and oxygen atoms in total. The van der Waals surface area contributed by atoms with Crippen LogP contribution in [0.1, 0.15) is 5.56 Å². The number of nitrogens with one attached hydrogen (secondary N) is 1. The van der Waals surface area contributed by atoms with Gasteiger partial charge in [0.1, 0.15) is 11.0 Å². The number of benzene rings is 1. The molecule has 0 bridgehead atoms. The van der Waals surface area contributed by atoms with E-state index in [9.17, 15) is 0 Å². The van der Waals surface area contributed by atoms with Crippen molar-refractivity contribution in [3.05, 3.63) is 59.0 Å². The van der Waals surface area contributed by atoms with Gasteiger partial charge in [0, 0.05) is 11.3 Å². The number of allylic oxidation sites excluding steroid dienone is 1. The first-order chi connectivity index (χ1) is 8.70. The lowest BCUT2D eigenvalue weighted by Crippen LogP contribution is -2.01. The Bertz CT molecular complexity index is 556. The Morgan fingerprint density at radius 3 is 2.56 bits per heavy atom. The summed E-state index contributed by atoms with van der Waals surface area (Å²) in [7, 11) is 0. The lowest BCUT2D eigenvalue weighted by Gasteiger charge is -2.11. The summed E-state index contributed by atoms with van der Waals surface area (Å²) in [6.45, 7) is 3.69. The molecule has 0 saturated heterocycles. The van der Waals surface area contributed by atoms with Gasteiger partial charge in [-0.05, 0) is 30.2 Å². The van der Waals surface area contributed by atoms with Crippen molar-refractivity contribution in [2.24, 2.45) is 0 Å². The van der Waals surface area contributed by atoms with Crippen molar-refractivity contribution in [3.8, 4) is 0 Å². The molecule has 0 aliphatic rings. The van der Waals surface area contributed by atoms with Gasteiger partial charge >= 0.3 is 0 Å². The van der Waals surface area contributed by atoms with Gasteiger partial charge in [0.25, 0.3) is 0 Å². The minimum Gasteiger partial charge on any atom is -0.340 e. The summed E-state index contributed by atoms with van der Waals surface area (Å²) < 4.78 is 0. The molecule has 0 saturated carbocycles. The van der Waals surface area contributed by atoms with Crippen molar-refractivity contribution in [1.82, 2.24) is 9.97 Å². The van der Waals surface area contributed by atoms with Gasteiger partial charge in [-0.25, -0.2) is 9.97 Å². The normalized spacial score (nSPS) is 10.1. The molecule has 5 heteroatoms. The molecule has 0 aliphatic heterocycles. The number of nitrogens with zero attached hydrogens (tertiary/aromatic N) is 2. The highest BCUT2D eigenvalue weighted by Crippen LogP contribution is 2.26. The van der Waals surface area contributed by atoms with E-state index in [1.807, 2.05) is 30.3 Å². The van der Waals surface area contributed by atoms with Crippen LogP contribution in [0, 0.1) is 0 Å². The van der Waals surface area contributed by atoms with Crippen LogP contribution in [0.4, 0.5) is 11.5 Å². The van der Waals surface area contributed by atoms with Crippen molar-refractivity contribution in [3.63, 3.8) is 0 Å². The zero-order valence-corrected chi connectivity index (χ0v) is 11.0. The number of para-hydroxylation sites is 1. The standard InChI is InChI=1S/C13H11Cl2N3/c1-2-6-10-11(14)17-13(15)18-12(10)16-9-7-4-3-5-8-9/h2-5,7-8H,1,6H2,(H,16,17,18). The SMILES string of the molecule is C=CCc1c(Cl)nc(Cl)nc1Nc1ccccc1. The predicted molar refractivity (Wildman–Crippen MR) is 75.7 cm³/mol. The molecule has 92 valence electrons. The molecule has 0 unspecified atom stereocenters. The van der Waals surface area contributed by atoms with E-state index >= 15 is 0 Å². The van der Waals surface area contributed by atoms with Gasteiger partial charge in [0.05, 0.1) is 0 Å². The van der Waals surface area contributed by atoms with Crippen LogP contribution in [-0.2, 0) is 6.42 Å². The Hall–Kier alpha value is -1.58. The van der Waals surface area contributed by atoms with Gasteiger partial charge < -0.3 is 5.32 Å². The molecule has 1 aromatic carbocycles. The monoisotopic (exact) mass is 279 g/mol. The molecule has 18 heavy (non-hydrogen) atoms. The minimum absolute atomic E-state index is 0.117.